The molecule has 0 aromatic rings. The number of aliphatic hydroxyl groups is 1. The third-order valence-corrected chi connectivity index (χ3v) is 2.50. The molecule has 1 rings (SSSR count). The van der Waals surface area contributed by atoms with E-state index in [-0.39, 0.29) is 0 Å². The standard InChI is InChI=1S/C10H18O/c1-8(2)10(11)9-6-4-3-5-7-9/h9,11H,3-7H2,1-2H3. The molecule has 0 amide bonds. The summed E-state index contributed by atoms with van der Waals surface area (Å²) in [6.07, 6.45) is 6.32. The maximum Gasteiger partial charge on any atom is 0.0939 e. The van der Waals surface area contributed by atoms with Crippen molar-refractivity contribution in [1.29, 1.82) is 0 Å². The van der Waals surface area contributed by atoms with Crippen molar-refractivity contribution in [2.45, 2.75) is 46.0 Å². The summed E-state index contributed by atoms with van der Waals surface area (Å²) in [6.45, 7) is 3.98. The Balaban J connectivity index is 2.52. The molecule has 1 N–H and O–H groups in total. The first-order chi connectivity index (χ1) is 5.22. The molecule has 0 bridgehead atoms. The van der Waals surface area contributed by atoms with Crippen LogP contribution in [0.3, 0.4) is 0 Å². The normalized spacial score (nSPS) is 19.8. The van der Waals surface area contributed by atoms with Gasteiger partial charge in [0.15, 0.2) is 0 Å². The second-order valence-electron chi connectivity index (χ2n) is 3.72. The molecule has 1 nitrogen and oxygen atoms in total. The lowest BCUT2D eigenvalue weighted by Crippen LogP contribution is -2.09. The van der Waals surface area contributed by atoms with E-state index in [9.17, 15) is 5.11 Å². The van der Waals surface area contributed by atoms with E-state index in [4.69, 9.17) is 0 Å². The summed E-state index contributed by atoms with van der Waals surface area (Å²) in [7, 11) is 0. The molecular weight excluding hydrogens is 136 g/mol. The summed E-state index contributed by atoms with van der Waals surface area (Å²) >= 11 is 0. The highest BCUT2D eigenvalue weighted by Gasteiger charge is 2.17. The predicted molar refractivity (Wildman–Crippen MR) is 47.6 cm³/mol. The molecule has 0 heterocycles. The highest BCUT2D eigenvalue weighted by atomic mass is 16.3. The Hall–Kier alpha value is -0.460. The lowest BCUT2D eigenvalue weighted by molar-refractivity contribution is 0.271. The molecule has 0 aromatic heterocycles. The Kier molecular flexibility index (Phi) is 2.98. The van der Waals surface area contributed by atoms with Crippen LogP contribution in [0.5, 0.6) is 0 Å². The van der Waals surface area contributed by atoms with E-state index in [1.807, 2.05) is 13.8 Å². The fourth-order valence-corrected chi connectivity index (χ4v) is 1.78. The van der Waals surface area contributed by atoms with Crippen molar-refractivity contribution in [1.82, 2.24) is 0 Å². The minimum absolute atomic E-state index is 0.480. The van der Waals surface area contributed by atoms with Crippen LogP contribution in [0.15, 0.2) is 11.3 Å². The van der Waals surface area contributed by atoms with E-state index in [1.165, 1.54) is 32.1 Å². The summed E-state index contributed by atoms with van der Waals surface area (Å²) in [5.41, 5.74) is 1.09. The van der Waals surface area contributed by atoms with Crippen LogP contribution in [-0.2, 0) is 0 Å². The Bertz CT molecular complexity index is 148. The molecule has 64 valence electrons. The first-order valence-corrected chi connectivity index (χ1v) is 4.58. The second kappa shape index (κ2) is 3.80. The smallest absolute Gasteiger partial charge is 0.0939 e. The van der Waals surface area contributed by atoms with Crippen LogP contribution in [0, 0.1) is 5.92 Å². The van der Waals surface area contributed by atoms with Gasteiger partial charge in [0.05, 0.1) is 5.76 Å². The van der Waals surface area contributed by atoms with Crippen LogP contribution in [0.1, 0.15) is 46.0 Å². The van der Waals surface area contributed by atoms with E-state index < -0.39 is 0 Å². The third-order valence-electron chi connectivity index (χ3n) is 2.50. The number of allylic oxidation sites excluding steroid dienone is 2. The number of hydrogen-bond donors (Lipinski definition) is 1. The third kappa shape index (κ3) is 2.25. The van der Waals surface area contributed by atoms with Crippen molar-refractivity contribution in [2.24, 2.45) is 5.92 Å². The fourth-order valence-electron chi connectivity index (χ4n) is 1.78. The fraction of sp³-hybridized carbons (Fsp3) is 0.800. The lowest BCUT2D eigenvalue weighted by atomic mass is 9.87. The minimum atomic E-state index is 0.480. The molecule has 0 unspecified atom stereocenters. The van der Waals surface area contributed by atoms with Crippen molar-refractivity contribution < 1.29 is 5.11 Å². The number of hydrogen-bond acceptors (Lipinski definition) is 1. The Labute approximate surface area is 69.1 Å². The first-order valence-electron chi connectivity index (χ1n) is 4.58. The topological polar surface area (TPSA) is 20.2 Å². The summed E-state index contributed by atoms with van der Waals surface area (Å²) in [4.78, 5) is 0. The summed E-state index contributed by atoms with van der Waals surface area (Å²) in [6, 6.07) is 0. The second-order valence-corrected chi connectivity index (χ2v) is 3.72. The zero-order valence-electron chi connectivity index (χ0n) is 7.56. The zero-order chi connectivity index (χ0) is 8.27. The van der Waals surface area contributed by atoms with Crippen molar-refractivity contribution in [2.75, 3.05) is 0 Å². The van der Waals surface area contributed by atoms with Gasteiger partial charge in [0.1, 0.15) is 0 Å². The van der Waals surface area contributed by atoms with Crippen molar-refractivity contribution in [3.63, 3.8) is 0 Å². The maximum absolute atomic E-state index is 9.63. The van der Waals surface area contributed by atoms with Gasteiger partial charge in [-0.3, -0.25) is 0 Å². The Morgan fingerprint density at radius 3 is 2.09 bits per heavy atom. The van der Waals surface area contributed by atoms with E-state index in [1.54, 1.807) is 0 Å². The van der Waals surface area contributed by atoms with Gasteiger partial charge in [-0.05, 0) is 32.3 Å². The largest absolute Gasteiger partial charge is 0.512 e. The van der Waals surface area contributed by atoms with Crippen LogP contribution in [0.25, 0.3) is 0 Å². The van der Waals surface area contributed by atoms with Gasteiger partial charge in [0.2, 0.25) is 0 Å². The Morgan fingerprint density at radius 1 is 1.09 bits per heavy atom. The first kappa shape index (κ1) is 8.63. The quantitative estimate of drug-likeness (QED) is 0.574. The van der Waals surface area contributed by atoms with E-state index in [2.05, 4.69) is 0 Å². The van der Waals surface area contributed by atoms with Crippen LogP contribution in [0.2, 0.25) is 0 Å². The summed E-state index contributed by atoms with van der Waals surface area (Å²) in [5, 5.41) is 9.63. The molecule has 1 aliphatic carbocycles. The maximum atomic E-state index is 9.63. The molecule has 1 aliphatic rings. The van der Waals surface area contributed by atoms with Crippen LogP contribution in [0.4, 0.5) is 0 Å². The van der Waals surface area contributed by atoms with Crippen molar-refractivity contribution in [3.8, 4) is 0 Å². The van der Waals surface area contributed by atoms with E-state index in [0.29, 0.717) is 11.7 Å². The van der Waals surface area contributed by atoms with Crippen LogP contribution >= 0.6 is 0 Å². The molecule has 0 atom stereocenters. The zero-order valence-corrected chi connectivity index (χ0v) is 7.56. The summed E-state index contributed by atoms with van der Waals surface area (Å²) in [5.74, 6) is 1.14. The predicted octanol–water partition coefficient (Wildman–Crippen LogP) is 3.42. The minimum Gasteiger partial charge on any atom is -0.512 e. The Morgan fingerprint density at radius 2 is 1.64 bits per heavy atom. The lowest BCUT2D eigenvalue weighted by Gasteiger charge is -2.21. The number of rotatable bonds is 1. The van der Waals surface area contributed by atoms with Gasteiger partial charge >= 0.3 is 0 Å². The van der Waals surface area contributed by atoms with Gasteiger partial charge < -0.3 is 5.11 Å². The molecule has 0 spiro atoms. The van der Waals surface area contributed by atoms with Crippen LogP contribution in [-0.4, -0.2) is 5.11 Å². The van der Waals surface area contributed by atoms with Gasteiger partial charge in [-0.25, -0.2) is 0 Å². The molecule has 1 saturated carbocycles. The number of aliphatic hydroxyl groups excluding tert-OH is 1. The van der Waals surface area contributed by atoms with E-state index in [0.717, 1.165) is 5.57 Å². The molecule has 11 heavy (non-hydrogen) atoms. The van der Waals surface area contributed by atoms with Gasteiger partial charge in [-0.1, -0.05) is 19.3 Å². The van der Waals surface area contributed by atoms with Crippen molar-refractivity contribution in [3.05, 3.63) is 11.3 Å². The van der Waals surface area contributed by atoms with Gasteiger partial charge in [0.25, 0.3) is 0 Å². The monoisotopic (exact) mass is 154 g/mol. The van der Waals surface area contributed by atoms with Gasteiger partial charge in [-0.2, -0.15) is 0 Å². The van der Waals surface area contributed by atoms with E-state index >= 15 is 0 Å². The van der Waals surface area contributed by atoms with Gasteiger partial charge in [-0.15, -0.1) is 0 Å². The molecule has 0 saturated heterocycles. The molecule has 1 fully saturated rings. The summed E-state index contributed by atoms with van der Waals surface area (Å²) < 4.78 is 0. The SMILES string of the molecule is CC(C)=C(O)C1CCCCC1. The molecule has 1 heteroatoms. The molecular formula is C10H18O. The molecule has 0 aliphatic heterocycles. The van der Waals surface area contributed by atoms with Crippen LogP contribution < -0.4 is 0 Å². The molecule has 0 radical (unpaired) electrons. The highest BCUT2D eigenvalue weighted by Crippen LogP contribution is 2.29. The highest BCUT2D eigenvalue weighted by molar-refractivity contribution is 5.05. The molecule has 0 aromatic carbocycles. The van der Waals surface area contributed by atoms with Gasteiger partial charge in [0, 0.05) is 5.92 Å². The average molecular weight is 154 g/mol. The van der Waals surface area contributed by atoms with Crippen molar-refractivity contribution >= 4 is 0 Å². The average Bonchev–Trinajstić information content (AvgIpc) is 2.05.